The van der Waals surface area contributed by atoms with Crippen LogP contribution >= 0.6 is 0 Å². The van der Waals surface area contributed by atoms with Crippen LogP contribution in [0.2, 0.25) is 0 Å². The maximum Gasteiger partial charge on any atom is 0.165 e. The molecule has 0 saturated carbocycles. The smallest absolute Gasteiger partial charge is 0.165 e. The third-order valence-corrected chi connectivity index (χ3v) is 2.49. The van der Waals surface area contributed by atoms with Gasteiger partial charge in [0.25, 0.3) is 0 Å². The average Bonchev–Trinajstić information content (AvgIpc) is 2.35. The number of nitriles is 1. The number of nitrogens with two attached hydrogens (primary N) is 1. The highest BCUT2D eigenvalue weighted by molar-refractivity contribution is 5.55. The third kappa shape index (κ3) is 3.61. The number of anilines is 2. The molecule has 0 unspecified atom stereocenters. The fraction of sp³-hybridized carbons (Fsp3) is 0.500. The molecule has 5 nitrogen and oxygen atoms in total. The molecule has 1 aromatic heterocycles. The van der Waals surface area contributed by atoms with Gasteiger partial charge < -0.3 is 15.7 Å². The van der Waals surface area contributed by atoms with E-state index in [0.717, 1.165) is 19.4 Å². The van der Waals surface area contributed by atoms with Crippen LogP contribution in [0.25, 0.3) is 0 Å². The maximum absolute atomic E-state index is 9.02. The Balaban J connectivity index is 2.89. The molecule has 0 aliphatic rings. The number of hydrogen-bond donors (Lipinski definition) is 2. The standard InChI is InChI=1S/C12H18N4O/c1-2-3-6-16(7-8-17)12-5-4-10(14)11(9-13)15-12/h4-5,17H,2-3,6-8,14H2,1H3. The fourth-order valence-corrected chi connectivity index (χ4v) is 1.54. The summed E-state index contributed by atoms with van der Waals surface area (Å²) in [6, 6.07) is 5.42. The van der Waals surface area contributed by atoms with E-state index in [4.69, 9.17) is 16.1 Å². The number of aromatic nitrogens is 1. The Labute approximate surface area is 101 Å². The van der Waals surface area contributed by atoms with Crippen LogP contribution < -0.4 is 10.6 Å². The Morgan fingerprint density at radius 1 is 1.47 bits per heavy atom. The first-order chi connectivity index (χ1) is 8.22. The summed E-state index contributed by atoms with van der Waals surface area (Å²) in [4.78, 5) is 6.15. The van der Waals surface area contributed by atoms with Gasteiger partial charge in [-0.05, 0) is 18.6 Å². The number of rotatable bonds is 6. The largest absolute Gasteiger partial charge is 0.396 e. The summed E-state index contributed by atoms with van der Waals surface area (Å²) in [5.41, 5.74) is 6.24. The highest BCUT2D eigenvalue weighted by Gasteiger charge is 2.09. The lowest BCUT2D eigenvalue weighted by atomic mass is 10.2. The zero-order chi connectivity index (χ0) is 12.7. The summed E-state index contributed by atoms with van der Waals surface area (Å²) in [5, 5.41) is 17.9. The van der Waals surface area contributed by atoms with Crippen molar-refractivity contribution < 1.29 is 5.11 Å². The molecule has 0 saturated heterocycles. The molecule has 0 amide bonds. The predicted molar refractivity (Wildman–Crippen MR) is 67.6 cm³/mol. The molecular weight excluding hydrogens is 216 g/mol. The van der Waals surface area contributed by atoms with Crippen LogP contribution in [0.4, 0.5) is 11.5 Å². The van der Waals surface area contributed by atoms with E-state index >= 15 is 0 Å². The van der Waals surface area contributed by atoms with Gasteiger partial charge in [0.05, 0.1) is 12.3 Å². The Morgan fingerprint density at radius 2 is 2.24 bits per heavy atom. The second-order valence-electron chi connectivity index (χ2n) is 3.78. The van der Waals surface area contributed by atoms with Gasteiger partial charge in [-0.2, -0.15) is 5.26 Å². The van der Waals surface area contributed by atoms with Crippen molar-refractivity contribution in [2.75, 3.05) is 30.3 Å². The molecule has 0 atom stereocenters. The normalized spacial score (nSPS) is 9.94. The fourth-order valence-electron chi connectivity index (χ4n) is 1.54. The molecule has 3 N–H and O–H groups in total. The molecule has 17 heavy (non-hydrogen) atoms. The van der Waals surface area contributed by atoms with E-state index in [0.29, 0.717) is 18.1 Å². The lowest BCUT2D eigenvalue weighted by molar-refractivity contribution is 0.301. The first-order valence-corrected chi connectivity index (χ1v) is 5.75. The van der Waals surface area contributed by atoms with Crippen molar-refractivity contribution >= 4 is 11.5 Å². The number of aliphatic hydroxyl groups excluding tert-OH is 1. The van der Waals surface area contributed by atoms with Crippen molar-refractivity contribution in [3.05, 3.63) is 17.8 Å². The highest BCUT2D eigenvalue weighted by Crippen LogP contribution is 2.16. The molecule has 0 radical (unpaired) electrons. The van der Waals surface area contributed by atoms with Crippen LogP contribution in [-0.2, 0) is 0 Å². The number of aliphatic hydroxyl groups is 1. The molecular formula is C12H18N4O. The number of nitrogen functional groups attached to an aromatic ring is 1. The second-order valence-corrected chi connectivity index (χ2v) is 3.78. The highest BCUT2D eigenvalue weighted by atomic mass is 16.3. The lowest BCUT2D eigenvalue weighted by Gasteiger charge is -2.22. The Bertz CT molecular complexity index is 400. The molecule has 0 aliphatic heterocycles. The van der Waals surface area contributed by atoms with Gasteiger partial charge in [-0.25, -0.2) is 4.98 Å². The van der Waals surface area contributed by atoms with Gasteiger partial charge >= 0.3 is 0 Å². The summed E-state index contributed by atoms with van der Waals surface area (Å²) in [7, 11) is 0. The van der Waals surface area contributed by atoms with Crippen LogP contribution in [0.1, 0.15) is 25.5 Å². The lowest BCUT2D eigenvalue weighted by Crippen LogP contribution is -2.28. The van der Waals surface area contributed by atoms with Gasteiger partial charge in [0.1, 0.15) is 11.9 Å². The van der Waals surface area contributed by atoms with E-state index in [1.807, 2.05) is 11.0 Å². The summed E-state index contributed by atoms with van der Waals surface area (Å²) in [6.45, 7) is 3.51. The Hall–Kier alpha value is -1.80. The molecule has 5 heteroatoms. The van der Waals surface area contributed by atoms with Crippen molar-refractivity contribution in [1.29, 1.82) is 5.26 Å². The minimum atomic E-state index is 0.0671. The quantitative estimate of drug-likeness (QED) is 0.770. The van der Waals surface area contributed by atoms with E-state index in [1.54, 1.807) is 12.1 Å². The monoisotopic (exact) mass is 234 g/mol. The Morgan fingerprint density at radius 3 is 2.82 bits per heavy atom. The van der Waals surface area contributed by atoms with Crippen LogP contribution in [-0.4, -0.2) is 29.8 Å². The first-order valence-electron chi connectivity index (χ1n) is 5.75. The third-order valence-electron chi connectivity index (χ3n) is 2.49. The maximum atomic E-state index is 9.02. The van der Waals surface area contributed by atoms with Crippen LogP contribution in [0.5, 0.6) is 0 Å². The minimum absolute atomic E-state index is 0.0671. The summed E-state index contributed by atoms with van der Waals surface area (Å²) >= 11 is 0. The van der Waals surface area contributed by atoms with Crippen LogP contribution in [0.3, 0.4) is 0 Å². The van der Waals surface area contributed by atoms with E-state index in [1.165, 1.54) is 0 Å². The number of pyridine rings is 1. The predicted octanol–water partition coefficient (Wildman–Crippen LogP) is 1.13. The number of nitrogens with zero attached hydrogens (tertiary/aromatic N) is 3. The topological polar surface area (TPSA) is 86.2 Å². The molecule has 92 valence electrons. The van der Waals surface area contributed by atoms with Crippen molar-refractivity contribution in [2.45, 2.75) is 19.8 Å². The van der Waals surface area contributed by atoms with Gasteiger partial charge in [0.2, 0.25) is 0 Å². The molecule has 1 aromatic rings. The number of hydrogen-bond acceptors (Lipinski definition) is 5. The summed E-state index contributed by atoms with van der Waals surface area (Å²) in [6.07, 6.45) is 2.09. The zero-order valence-corrected chi connectivity index (χ0v) is 10.1. The molecule has 0 bridgehead atoms. The van der Waals surface area contributed by atoms with E-state index in [-0.39, 0.29) is 12.3 Å². The molecule has 1 rings (SSSR count). The van der Waals surface area contributed by atoms with Crippen LogP contribution in [0, 0.1) is 11.3 Å². The summed E-state index contributed by atoms with van der Waals surface area (Å²) < 4.78 is 0. The molecule has 0 spiro atoms. The average molecular weight is 234 g/mol. The SMILES string of the molecule is CCCCN(CCO)c1ccc(N)c(C#N)n1. The van der Waals surface area contributed by atoms with E-state index in [2.05, 4.69) is 11.9 Å². The number of unbranched alkanes of at least 4 members (excludes halogenated alkanes) is 1. The minimum Gasteiger partial charge on any atom is -0.396 e. The van der Waals surface area contributed by atoms with E-state index in [9.17, 15) is 0 Å². The molecule has 0 aliphatic carbocycles. The van der Waals surface area contributed by atoms with Gasteiger partial charge in [-0.1, -0.05) is 13.3 Å². The van der Waals surface area contributed by atoms with Crippen molar-refractivity contribution in [3.63, 3.8) is 0 Å². The van der Waals surface area contributed by atoms with Crippen molar-refractivity contribution in [1.82, 2.24) is 4.98 Å². The van der Waals surface area contributed by atoms with Gasteiger partial charge in [-0.3, -0.25) is 0 Å². The van der Waals surface area contributed by atoms with Gasteiger partial charge in [0, 0.05) is 13.1 Å². The molecule has 1 heterocycles. The van der Waals surface area contributed by atoms with Crippen molar-refractivity contribution in [2.24, 2.45) is 0 Å². The second kappa shape index (κ2) is 6.71. The molecule has 0 fully saturated rings. The van der Waals surface area contributed by atoms with E-state index < -0.39 is 0 Å². The van der Waals surface area contributed by atoms with Crippen LogP contribution in [0.15, 0.2) is 12.1 Å². The Kier molecular flexibility index (Phi) is 5.24. The first kappa shape index (κ1) is 13.3. The summed E-state index contributed by atoms with van der Waals surface area (Å²) in [5.74, 6) is 0.693. The van der Waals surface area contributed by atoms with Crippen molar-refractivity contribution in [3.8, 4) is 6.07 Å². The zero-order valence-electron chi connectivity index (χ0n) is 10.1. The van der Waals surface area contributed by atoms with Gasteiger partial charge in [-0.15, -0.1) is 0 Å². The molecule has 0 aromatic carbocycles. The van der Waals surface area contributed by atoms with Gasteiger partial charge in [0.15, 0.2) is 5.69 Å².